The van der Waals surface area contributed by atoms with Gasteiger partial charge in [-0.05, 0) is 37.5 Å². The van der Waals surface area contributed by atoms with E-state index < -0.39 is 59.7 Å². The van der Waals surface area contributed by atoms with Gasteiger partial charge in [-0.25, -0.2) is 4.79 Å². The number of amides is 4. The molecule has 0 bridgehead atoms. The first-order valence-electron chi connectivity index (χ1n) is 11.9. The molecule has 12 N–H and O–H groups in total. The van der Waals surface area contributed by atoms with Gasteiger partial charge >= 0.3 is 5.97 Å². The van der Waals surface area contributed by atoms with Crippen LogP contribution in [0.4, 0.5) is 0 Å². The van der Waals surface area contributed by atoms with Crippen LogP contribution in [0.25, 0.3) is 0 Å². The molecule has 0 aliphatic heterocycles. The van der Waals surface area contributed by atoms with Crippen LogP contribution in [0.1, 0.15) is 59.8 Å². The molecule has 0 fully saturated rings. The number of hydrogen-bond acceptors (Lipinski definition) is 7. The van der Waals surface area contributed by atoms with Gasteiger partial charge in [0.1, 0.15) is 18.1 Å². The number of carbonyl (C=O) groups is 5. The summed E-state index contributed by atoms with van der Waals surface area (Å²) in [5, 5.41) is 16.9. The van der Waals surface area contributed by atoms with Crippen molar-refractivity contribution >= 4 is 35.6 Å². The van der Waals surface area contributed by atoms with Gasteiger partial charge in [-0.3, -0.25) is 24.2 Å². The smallest absolute Gasteiger partial charge is 0.326 e. The highest BCUT2D eigenvalue weighted by Gasteiger charge is 2.32. The predicted molar refractivity (Wildman–Crippen MR) is 134 cm³/mol. The summed E-state index contributed by atoms with van der Waals surface area (Å²) in [6.07, 6.45) is 0.476. The van der Waals surface area contributed by atoms with E-state index in [1.54, 1.807) is 13.8 Å². The lowest BCUT2D eigenvalue weighted by atomic mass is 10.0. The molecule has 0 spiro atoms. The van der Waals surface area contributed by atoms with E-state index in [4.69, 9.17) is 22.9 Å². The molecule has 4 unspecified atom stereocenters. The average Bonchev–Trinajstić information content (AvgIpc) is 2.75. The van der Waals surface area contributed by atoms with Gasteiger partial charge < -0.3 is 44.0 Å². The third-order valence-electron chi connectivity index (χ3n) is 5.18. The van der Waals surface area contributed by atoms with Gasteiger partial charge in [-0.2, -0.15) is 0 Å². The summed E-state index contributed by atoms with van der Waals surface area (Å²) in [5.74, 6) is -4.36. The highest BCUT2D eigenvalue weighted by molar-refractivity contribution is 5.94. The fraction of sp³-hybridized carbons (Fsp3) is 0.727. The van der Waals surface area contributed by atoms with Gasteiger partial charge in [0, 0.05) is 13.0 Å². The SMILES string of the molecule is CC(C)CC(N)C(=O)NC(CCCN=C(N)N)C(=O)NC(C(=O)NC(CCC(N)=O)C(=O)O)C(C)C. The molecule has 36 heavy (non-hydrogen) atoms. The molecule has 0 aromatic heterocycles. The Balaban J connectivity index is 5.53. The van der Waals surface area contributed by atoms with Crippen LogP contribution in [0.15, 0.2) is 4.99 Å². The summed E-state index contributed by atoms with van der Waals surface area (Å²) in [4.78, 5) is 64.8. The van der Waals surface area contributed by atoms with Crippen molar-refractivity contribution in [1.29, 1.82) is 0 Å². The summed E-state index contributed by atoms with van der Waals surface area (Å²) >= 11 is 0. The van der Waals surface area contributed by atoms with Gasteiger partial charge in [0.25, 0.3) is 0 Å². The zero-order chi connectivity index (χ0) is 28.0. The molecule has 206 valence electrons. The first-order valence-corrected chi connectivity index (χ1v) is 11.9. The molecule has 0 aliphatic rings. The van der Waals surface area contributed by atoms with Crippen molar-refractivity contribution in [3.8, 4) is 0 Å². The lowest BCUT2D eigenvalue weighted by molar-refractivity contribution is -0.143. The van der Waals surface area contributed by atoms with Crippen LogP contribution in [0.5, 0.6) is 0 Å². The van der Waals surface area contributed by atoms with E-state index in [-0.39, 0.29) is 37.7 Å². The number of aliphatic imine (C=N–C) groups is 1. The van der Waals surface area contributed by atoms with E-state index in [1.807, 2.05) is 13.8 Å². The van der Waals surface area contributed by atoms with Crippen molar-refractivity contribution < 1.29 is 29.1 Å². The van der Waals surface area contributed by atoms with Gasteiger partial charge in [-0.1, -0.05) is 27.7 Å². The third kappa shape index (κ3) is 13.5. The maximum Gasteiger partial charge on any atom is 0.326 e. The number of carboxylic acid groups (broad SMARTS) is 1. The molecule has 0 saturated heterocycles. The number of nitrogens with one attached hydrogen (secondary N) is 3. The Bertz CT molecular complexity index is 797. The summed E-state index contributed by atoms with van der Waals surface area (Å²) in [6.45, 7) is 7.36. The third-order valence-corrected chi connectivity index (χ3v) is 5.18. The molecule has 0 aromatic carbocycles. The van der Waals surface area contributed by atoms with Crippen LogP contribution in [0, 0.1) is 11.8 Å². The van der Waals surface area contributed by atoms with E-state index in [0.29, 0.717) is 12.8 Å². The second-order valence-corrected chi connectivity index (χ2v) is 9.38. The minimum atomic E-state index is -1.37. The quantitative estimate of drug-likeness (QED) is 0.0598. The van der Waals surface area contributed by atoms with Crippen molar-refractivity contribution in [2.45, 2.75) is 84.0 Å². The number of nitrogens with zero attached hydrogens (tertiary/aromatic N) is 1. The average molecular weight is 515 g/mol. The van der Waals surface area contributed by atoms with Crippen LogP contribution in [0.3, 0.4) is 0 Å². The monoisotopic (exact) mass is 514 g/mol. The highest BCUT2D eigenvalue weighted by atomic mass is 16.4. The number of rotatable bonds is 17. The molecule has 0 saturated carbocycles. The predicted octanol–water partition coefficient (Wildman–Crippen LogP) is -2.13. The number of primary amides is 1. The second-order valence-electron chi connectivity index (χ2n) is 9.38. The fourth-order valence-corrected chi connectivity index (χ4v) is 3.26. The van der Waals surface area contributed by atoms with Crippen LogP contribution < -0.4 is 38.9 Å². The lowest BCUT2D eigenvalue weighted by Gasteiger charge is -2.27. The van der Waals surface area contributed by atoms with Crippen molar-refractivity contribution in [2.75, 3.05) is 6.54 Å². The lowest BCUT2D eigenvalue weighted by Crippen LogP contribution is -2.58. The molecular weight excluding hydrogens is 472 g/mol. The van der Waals surface area contributed by atoms with Crippen molar-refractivity contribution in [2.24, 2.45) is 39.8 Å². The molecule has 0 aromatic rings. The summed E-state index contributed by atoms with van der Waals surface area (Å²) in [6, 6.07) is -4.35. The number of guanidine groups is 1. The number of hydrogen-bond donors (Lipinski definition) is 8. The van der Waals surface area contributed by atoms with E-state index in [9.17, 15) is 29.1 Å². The molecule has 0 aliphatic carbocycles. The minimum Gasteiger partial charge on any atom is -0.480 e. The topological polar surface area (TPSA) is 258 Å². The molecule has 4 atom stereocenters. The van der Waals surface area contributed by atoms with Crippen molar-refractivity contribution in [3.05, 3.63) is 0 Å². The number of nitrogens with two attached hydrogens (primary N) is 4. The van der Waals surface area contributed by atoms with Gasteiger partial charge in [-0.15, -0.1) is 0 Å². The normalized spacial score (nSPS) is 14.3. The van der Waals surface area contributed by atoms with Crippen LogP contribution in [-0.2, 0) is 24.0 Å². The zero-order valence-corrected chi connectivity index (χ0v) is 21.5. The number of aliphatic carboxylic acids is 1. The zero-order valence-electron chi connectivity index (χ0n) is 21.5. The second kappa shape index (κ2) is 16.3. The number of carbonyl (C=O) groups excluding carboxylic acids is 4. The first kappa shape index (κ1) is 32.6. The Kier molecular flexibility index (Phi) is 14.7. The van der Waals surface area contributed by atoms with Gasteiger partial charge in [0.2, 0.25) is 23.6 Å². The van der Waals surface area contributed by atoms with E-state index in [0.717, 1.165) is 0 Å². The van der Waals surface area contributed by atoms with E-state index >= 15 is 0 Å². The van der Waals surface area contributed by atoms with Gasteiger partial charge in [0.15, 0.2) is 5.96 Å². The first-order chi connectivity index (χ1) is 16.6. The largest absolute Gasteiger partial charge is 0.480 e. The molecular formula is C22H42N8O6. The number of carboxylic acids is 1. The minimum absolute atomic E-state index is 0.111. The molecule has 14 nitrogen and oxygen atoms in total. The van der Waals surface area contributed by atoms with Crippen LogP contribution in [-0.4, -0.2) is 71.4 Å². The molecule has 0 radical (unpaired) electrons. The summed E-state index contributed by atoms with van der Waals surface area (Å²) in [7, 11) is 0. The van der Waals surface area contributed by atoms with Crippen LogP contribution >= 0.6 is 0 Å². The van der Waals surface area contributed by atoms with Crippen LogP contribution in [0.2, 0.25) is 0 Å². The molecule has 0 rings (SSSR count). The molecule has 0 heterocycles. The van der Waals surface area contributed by atoms with Gasteiger partial charge in [0.05, 0.1) is 6.04 Å². The Morgan fingerprint density at radius 1 is 0.833 bits per heavy atom. The maximum absolute atomic E-state index is 13.1. The Hall–Kier alpha value is -3.42. The van der Waals surface area contributed by atoms with Crippen molar-refractivity contribution in [3.63, 3.8) is 0 Å². The Morgan fingerprint density at radius 2 is 1.42 bits per heavy atom. The standard InChI is InChI=1S/C22H42N8O6/c1-11(2)10-13(23)18(32)28-14(6-5-9-27-22(25)26)19(33)30-17(12(3)4)20(34)29-15(21(35)36)7-8-16(24)31/h11-15,17H,5-10,23H2,1-4H3,(H2,24,31)(H,28,32)(H,29,34)(H,30,33)(H,35,36)(H4,25,26,27). The summed E-state index contributed by atoms with van der Waals surface area (Å²) < 4.78 is 0. The summed E-state index contributed by atoms with van der Waals surface area (Å²) in [5.41, 5.74) is 21.6. The van der Waals surface area contributed by atoms with E-state index in [1.165, 1.54) is 0 Å². The highest BCUT2D eigenvalue weighted by Crippen LogP contribution is 2.08. The molecule has 4 amide bonds. The Labute approximate surface area is 211 Å². The van der Waals surface area contributed by atoms with Crippen molar-refractivity contribution in [1.82, 2.24) is 16.0 Å². The Morgan fingerprint density at radius 3 is 1.89 bits per heavy atom. The fourth-order valence-electron chi connectivity index (χ4n) is 3.26. The van der Waals surface area contributed by atoms with E-state index in [2.05, 4.69) is 20.9 Å². The molecule has 14 heteroatoms. The maximum atomic E-state index is 13.1.